The maximum atomic E-state index is 4.20. The van der Waals surface area contributed by atoms with E-state index in [1.54, 1.807) is 0 Å². The molecule has 0 saturated heterocycles. The fourth-order valence-electron chi connectivity index (χ4n) is 1.35. The van der Waals surface area contributed by atoms with Gasteiger partial charge in [-0.15, -0.1) is 0 Å². The highest BCUT2D eigenvalue weighted by atomic mass is 127. The molecule has 1 N–H and O–H groups in total. The minimum atomic E-state index is 0.627. The molecule has 0 aliphatic carbocycles. The smallest absolute Gasteiger partial charge is 0.222 e. The molecule has 0 fully saturated rings. The predicted molar refractivity (Wildman–Crippen MR) is 80.2 cm³/mol. The topological polar surface area (TPSA) is 41.0 Å². The highest BCUT2D eigenvalue weighted by Crippen LogP contribution is 2.03. The van der Waals surface area contributed by atoms with E-state index >= 15 is 0 Å². The molecule has 0 bridgehead atoms. The van der Waals surface area contributed by atoms with Crippen molar-refractivity contribution in [2.45, 2.75) is 32.7 Å². The van der Waals surface area contributed by atoms with Crippen LogP contribution in [0.25, 0.3) is 0 Å². The summed E-state index contributed by atoms with van der Waals surface area (Å²) in [6, 6.07) is 0.627. The van der Waals surface area contributed by atoms with Crippen molar-refractivity contribution in [3.05, 3.63) is 16.0 Å². The van der Waals surface area contributed by atoms with Crippen molar-refractivity contribution in [3.8, 4) is 0 Å². The van der Waals surface area contributed by atoms with E-state index in [1.165, 1.54) is 6.42 Å². The van der Waals surface area contributed by atoms with Gasteiger partial charge in [-0.05, 0) is 62.9 Å². The van der Waals surface area contributed by atoms with E-state index in [2.05, 4.69) is 63.7 Å². The molecule has 4 nitrogen and oxygen atoms in total. The summed E-state index contributed by atoms with van der Waals surface area (Å²) in [4.78, 5) is 10.8. The molecule has 1 aromatic heterocycles. The number of unbranched alkanes of at least 4 members (excludes halogenated alkanes) is 1. The molecule has 1 rings (SSSR count). The van der Waals surface area contributed by atoms with Gasteiger partial charge in [-0.1, -0.05) is 0 Å². The lowest BCUT2D eigenvalue weighted by Crippen LogP contribution is -2.27. The van der Waals surface area contributed by atoms with Crippen LogP contribution < -0.4 is 5.32 Å². The van der Waals surface area contributed by atoms with E-state index in [0.29, 0.717) is 6.04 Å². The average Bonchev–Trinajstić information content (AvgIpc) is 2.30. The standard InChI is InChI=1S/C12H21IN4/c1-10(2)17(3)7-5-4-6-14-12-15-8-11(13)9-16-12/h8-10H,4-7H2,1-3H3,(H,14,15,16). The second-order valence-electron chi connectivity index (χ2n) is 4.43. The Kier molecular flexibility index (Phi) is 6.72. The first kappa shape index (κ1) is 14.6. The fourth-order valence-corrected chi connectivity index (χ4v) is 1.63. The Hall–Kier alpha value is -0.430. The molecule has 0 spiro atoms. The number of anilines is 1. The number of hydrogen-bond donors (Lipinski definition) is 1. The molecule has 0 unspecified atom stereocenters. The van der Waals surface area contributed by atoms with Crippen molar-refractivity contribution in [2.75, 3.05) is 25.5 Å². The van der Waals surface area contributed by atoms with Crippen LogP contribution in [-0.2, 0) is 0 Å². The zero-order valence-electron chi connectivity index (χ0n) is 10.8. The van der Waals surface area contributed by atoms with Crippen LogP contribution in [0.2, 0.25) is 0 Å². The summed E-state index contributed by atoms with van der Waals surface area (Å²) < 4.78 is 1.06. The van der Waals surface area contributed by atoms with Gasteiger partial charge in [0.25, 0.3) is 0 Å². The normalized spacial score (nSPS) is 11.2. The molecule has 0 aliphatic rings. The number of hydrogen-bond acceptors (Lipinski definition) is 4. The third-order valence-corrected chi connectivity index (χ3v) is 3.28. The Morgan fingerprint density at radius 2 is 1.94 bits per heavy atom. The van der Waals surface area contributed by atoms with Gasteiger partial charge in [0.2, 0.25) is 5.95 Å². The lowest BCUT2D eigenvalue weighted by atomic mass is 10.2. The summed E-state index contributed by atoms with van der Waals surface area (Å²) in [5, 5.41) is 3.23. The molecule has 0 atom stereocenters. The third-order valence-electron chi connectivity index (χ3n) is 2.72. The van der Waals surface area contributed by atoms with Crippen molar-refractivity contribution >= 4 is 28.5 Å². The molecular formula is C12H21IN4. The monoisotopic (exact) mass is 348 g/mol. The van der Waals surface area contributed by atoms with Gasteiger partial charge in [0.15, 0.2) is 0 Å². The maximum absolute atomic E-state index is 4.20. The van der Waals surface area contributed by atoms with Crippen LogP contribution in [0, 0.1) is 3.57 Å². The Morgan fingerprint density at radius 1 is 1.29 bits per heavy atom. The van der Waals surface area contributed by atoms with Crippen molar-refractivity contribution in [1.29, 1.82) is 0 Å². The van der Waals surface area contributed by atoms with Gasteiger partial charge in [0, 0.05) is 28.6 Å². The van der Waals surface area contributed by atoms with Gasteiger partial charge < -0.3 is 10.2 Å². The minimum Gasteiger partial charge on any atom is -0.354 e. The molecule has 0 aliphatic heterocycles. The van der Waals surface area contributed by atoms with Gasteiger partial charge in [0.05, 0.1) is 0 Å². The number of nitrogens with one attached hydrogen (secondary N) is 1. The van der Waals surface area contributed by atoms with Gasteiger partial charge in [-0.3, -0.25) is 0 Å². The van der Waals surface area contributed by atoms with Crippen LogP contribution in [0.5, 0.6) is 0 Å². The summed E-state index contributed by atoms with van der Waals surface area (Å²) in [5.74, 6) is 0.725. The summed E-state index contributed by atoms with van der Waals surface area (Å²) in [7, 11) is 2.17. The van der Waals surface area contributed by atoms with Gasteiger partial charge in [0.1, 0.15) is 0 Å². The number of nitrogens with zero attached hydrogens (tertiary/aromatic N) is 3. The molecule has 0 aromatic carbocycles. The van der Waals surface area contributed by atoms with Gasteiger partial charge in [-0.2, -0.15) is 0 Å². The van der Waals surface area contributed by atoms with Crippen LogP contribution in [0.3, 0.4) is 0 Å². The molecule has 1 heterocycles. The molecule has 0 saturated carbocycles. The van der Waals surface area contributed by atoms with E-state index < -0.39 is 0 Å². The Balaban J connectivity index is 2.10. The highest BCUT2D eigenvalue weighted by Gasteiger charge is 2.01. The van der Waals surface area contributed by atoms with Crippen LogP contribution in [0.1, 0.15) is 26.7 Å². The molecule has 17 heavy (non-hydrogen) atoms. The lowest BCUT2D eigenvalue weighted by Gasteiger charge is -2.20. The lowest BCUT2D eigenvalue weighted by molar-refractivity contribution is 0.269. The van der Waals surface area contributed by atoms with Gasteiger partial charge in [-0.25, -0.2) is 9.97 Å². The first-order chi connectivity index (χ1) is 8.09. The van der Waals surface area contributed by atoms with Crippen LogP contribution in [-0.4, -0.2) is 41.0 Å². The zero-order chi connectivity index (χ0) is 12.7. The summed E-state index contributed by atoms with van der Waals surface area (Å²) in [6.07, 6.45) is 5.99. The molecule has 0 amide bonds. The largest absolute Gasteiger partial charge is 0.354 e. The van der Waals surface area contributed by atoms with Crippen molar-refractivity contribution in [3.63, 3.8) is 0 Å². The summed E-state index contributed by atoms with van der Waals surface area (Å²) >= 11 is 2.20. The highest BCUT2D eigenvalue weighted by molar-refractivity contribution is 14.1. The van der Waals surface area contributed by atoms with Crippen molar-refractivity contribution in [1.82, 2.24) is 14.9 Å². The van der Waals surface area contributed by atoms with E-state index in [9.17, 15) is 0 Å². The first-order valence-corrected chi connectivity index (χ1v) is 7.09. The third kappa shape index (κ3) is 6.16. The van der Waals surface area contributed by atoms with Crippen LogP contribution in [0.15, 0.2) is 12.4 Å². The molecule has 0 radical (unpaired) electrons. The number of halogens is 1. The minimum absolute atomic E-state index is 0.627. The molecule has 5 heteroatoms. The van der Waals surface area contributed by atoms with E-state index in [-0.39, 0.29) is 0 Å². The maximum Gasteiger partial charge on any atom is 0.222 e. The summed E-state index contributed by atoms with van der Waals surface area (Å²) in [5.41, 5.74) is 0. The van der Waals surface area contributed by atoms with Crippen LogP contribution in [0.4, 0.5) is 5.95 Å². The van der Waals surface area contributed by atoms with Gasteiger partial charge >= 0.3 is 0 Å². The fraction of sp³-hybridized carbons (Fsp3) is 0.667. The Morgan fingerprint density at radius 3 is 2.53 bits per heavy atom. The SMILES string of the molecule is CC(C)N(C)CCCCNc1ncc(I)cn1. The van der Waals surface area contributed by atoms with E-state index in [4.69, 9.17) is 0 Å². The molecule has 96 valence electrons. The molecule has 1 aromatic rings. The number of aromatic nitrogens is 2. The Labute approximate surface area is 117 Å². The second kappa shape index (κ2) is 7.81. The second-order valence-corrected chi connectivity index (χ2v) is 5.68. The quantitative estimate of drug-likeness (QED) is 0.608. The Bertz CT molecular complexity index is 313. The first-order valence-electron chi connectivity index (χ1n) is 6.01. The predicted octanol–water partition coefficient (Wildman–Crippen LogP) is 2.61. The average molecular weight is 348 g/mol. The van der Waals surface area contributed by atoms with E-state index in [0.717, 1.165) is 29.0 Å². The molecular weight excluding hydrogens is 327 g/mol. The number of rotatable bonds is 7. The zero-order valence-corrected chi connectivity index (χ0v) is 12.9. The summed E-state index contributed by atoms with van der Waals surface area (Å²) in [6.45, 7) is 6.52. The van der Waals surface area contributed by atoms with Crippen LogP contribution >= 0.6 is 22.6 Å². The van der Waals surface area contributed by atoms with E-state index in [1.807, 2.05) is 12.4 Å². The van der Waals surface area contributed by atoms with Crippen molar-refractivity contribution in [2.24, 2.45) is 0 Å². The van der Waals surface area contributed by atoms with Crippen molar-refractivity contribution < 1.29 is 0 Å².